The Hall–Kier alpha value is -0.200. The molecule has 0 aromatic heterocycles. The highest BCUT2D eigenvalue weighted by Crippen LogP contribution is 2.16. The molecule has 0 radical (unpaired) electrons. The number of hydrogen-bond acceptors (Lipinski definition) is 5. The van der Waals surface area contributed by atoms with Crippen molar-refractivity contribution in [1.29, 1.82) is 0 Å². The minimum absolute atomic E-state index is 1.27. The van der Waals surface area contributed by atoms with E-state index in [1.54, 1.807) is 0 Å². The number of nitrogens with zero attached hydrogens (tertiary/aromatic N) is 5. The number of unbranched alkanes of at least 4 members (excludes halogenated alkanes) is 38. The van der Waals surface area contributed by atoms with E-state index in [9.17, 15) is 0 Å². The largest absolute Gasteiger partial charge is 0.302 e. The molecule has 1 rings (SSSR count). The zero-order valence-corrected chi connectivity index (χ0v) is 48.2. The van der Waals surface area contributed by atoms with Gasteiger partial charge in [0.2, 0.25) is 0 Å². The van der Waals surface area contributed by atoms with Crippen molar-refractivity contribution in [1.82, 2.24) is 24.5 Å². The topological polar surface area (TPSA) is 16.2 Å². The van der Waals surface area contributed by atoms with Gasteiger partial charge in [0.1, 0.15) is 0 Å². The quantitative estimate of drug-likeness (QED) is 0.0563. The van der Waals surface area contributed by atoms with Gasteiger partial charge in [0.15, 0.2) is 0 Å². The van der Waals surface area contributed by atoms with E-state index < -0.39 is 0 Å². The molecule has 1 heterocycles. The Bertz CT molecular complexity index is 897. The fraction of sp³-hybridized carbons (Fsp3) is 1.00. The lowest BCUT2D eigenvalue weighted by Crippen LogP contribution is -2.50. The van der Waals surface area contributed by atoms with Gasteiger partial charge in [-0.05, 0) is 64.8 Å². The molecule has 0 spiro atoms. The molecular formula is C63H131N5. The molecule has 408 valence electrons. The Balaban J connectivity index is 2.70. The highest BCUT2D eigenvalue weighted by Gasteiger charge is 2.19. The van der Waals surface area contributed by atoms with E-state index in [2.05, 4.69) is 59.1 Å². The normalized spacial score (nSPS) is 13.9. The van der Waals surface area contributed by atoms with Crippen molar-refractivity contribution in [3.05, 3.63) is 0 Å². The van der Waals surface area contributed by atoms with Crippen LogP contribution in [0.1, 0.15) is 311 Å². The van der Waals surface area contributed by atoms with Crippen molar-refractivity contribution in [2.45, 2.75) is 311 Å². The van der Waals surface area contributed by atoms with Gasteiger partial charge in [0.25, 0.3) is 0 Å². The number of rotatable bonds is 57. The minimum atomic E-state index is 1.27. The summed E-state index contributed by atoms with van der Waals surface area (Å²) in [6, 6.07) is 0. The van der Waals surface area contributed by atoms with Gasteiger partial charge in [0.05, 0.1) is 0 Å². The molecule has 0 bridgehead atoms. The summed E-state index contributed by atoms with van der Waals surface area (Å²) in [5.41, 5.74) is 0. The fourth-order valence-electron chi connectivity index (χ4n) is 11.0. The number of piperazine rings is 1. The molecule has 1 saturated heterocycles. The summed E-state index contributed by atoms with van der Waals surface area (Å²) in [6.45, 7) is 31.1. The second kappa shape index (κ2) is 54.6. The first-order valence-corrected chi connectivity index (χ1v) is 32.3. The Morgan fingerprint density at radius 3 is 0.559 bits per heavy atom. The van der Waals surface area contributed by atoms with E-state index >= 15 is 0 Å². The molecule has 1 fully saturated rings. The van der Waals surface area contributed by atoms with Crippen molar-refractivity contribution in [3.8, 4) is 0 Å². The summed E-state index contributed by atoms with van der Waals surface area (Å²) in [7, 11) is 0. The lowest BCUT2D eigenvalue weighted by molar-refractivity contribution is 0.104. The van der Waals surface area contributed by atoms with Crippen molar-refractivity contribution in [3.63, 3.8) is 0 Å². The van der Waals surface area contributed by atoms with Gasteiger partial charge in [-0.1, -0.05) is 279 Å². The fourth-order valence-corrected chi connectivity index (χ4v) is 11.0. The molecule has 1 aliphatic heterocycles. The molecular weight excluding hydrogens is 827 g/mol. The van der Waals surface area contributed by atoms with E-state index in [0.29, 0.717) is 0 Å². The van der Waals surface area contributed by atoms with E-state index in [-0.39, 0.29) is 0 Å². The first-order valence-electron chi connectivity index (χ1n) is 32.3. The van der Waals surface area contributed by atoms with Gasteiger partial charge in [-0.2, -0.15) is 0 Å². The van der Waals surface area contributed by atoms with Crippen LogP contribution in [0.4, 0.5) is 0 Å². The van der Waals surface area contributed by atoms with Crippen molar-refractivity contribution in [2.24, 2.45) is 0 Å². The molecule has 0 aliphatic carbocycles. The molecule has 68 heavy (non-hydrogen) atoms. The Morgan fingerprint density at radius 2 is 0.353 bits per heavy atom. The van der Waals surface area contributed by atoms with Crippen LogP contribution in [0.25, 0.3) is 0 Å². The van der Waals surface area contributed by atoms with Gasteiger partial charge in [0, 0.05) is 65.4 Å². The molecule has 0 unspecified atom stereocenters. The third-order valence-electron chi connectivity index (χ3n) is 16.1. The molecule has 0 N–H and O–H groups in total. The van der Waals surface area contributed by atoms with E-state index in [1.165, 1.54) is 374 Å². The molecule has 0 aromatic carbocycles. The highest BCUT2D eigenvalue weighted by atomic mass is 15.3. The first kappa shape index (κ1) is 65.8. The third-order valence-corrected chi connectivity index (χ3v) is 16.1. The lowest BCUT2D eigenvalue weighted by atomic mass is 10.1. The summed E-state index contributed by atoms with van der Waals surface area (Å²) in [4.78, 5) is 14.4. The maximum absolute atomic E-state index is 2.92. The van der Waals surface area contributed by atoms with Crippen molar-refractivity contribution in [2.75, 3.05) is 98.2 Å². The second-order valence-corrected chi connectivity index (χ2v) is 22.6. The van der Waals surface area contributed by atoms with E-state index in [0.717, 1.165) is 0 Å². The van der Waals surface area contributed by atoms with Gasteiger partial charge < -0.3 is 14.7 Å². The first-order chi connectivity index (χ1) is 33.7. The predicted molar refractivity (Wildman–Crippen MR) is 309 cm³/mol. The van der Waals surface area contributed by atoms with Crippen LogP contribution in [0, 0.1) is 0 Å². The monoisotopic (exact) mass is 958 g/mol. The summed E-state index contributed by atoms with van der Waals surface area (Å²) in [5, 5.41) is 0. The zero-order chi connectivity index (χ0) is 48.9. The second-order valence-electron chi connectivity index (χ2n) is 22.6. The SMILES string of the molecule is CCCCCCCCCCCCN(CCCCCCCCCCCC)CCN(CCCCCCCCCCCC)CCN1CCN(CCN(CCCCCCCC)CCCCCCCCC)CC1. The molecule has 0 aromatic rings. The van der Waals surface area contributed by atoms with Crippen LogP contribution in [-0.4, -0.2) is 123 Å². The van der Waals surface area contributed by atoms with Gasteiger partial charge >= 0.3 is 0 Å². The molecule has 0 atom stereocenters. The van der Waals surface area contributed by atoms with Crippen molar-refractivity contribution >= 4 is 0 Å². The average Bonchev–Trinajstić information content (AvgIpc) is 3.35. The van der Waals surface area contributed by atoms with Crippen LogP contribution in [0.15, 0.2) is 0 Å². The van der Waals surface area contributed by atoms with Crippen LogP contribution < -0.4 is 0 Å². The third kappa shape index (κ3) is 45.6. The predicted octanol–water partition coefficient (Wildman–Crippen LogP) is 18.4. The van der Waals surface area contributed by atoms with Gasteiger partial charge in [-0.15, -0.1) is 0 Å². The molecule has 5 nitrogen and oxygen atoms in total. The summed E-state index contributed by atoms with van der Waals surface area (Å²) >= 11 is 0. The smallest absolute Gasteiger partial charge is 0.0110 e. The van der Waals surface area contributed by atoms with Gasteiger partial charge in [-0.3, -0.25) is 9.80 Å². The van der Waals surface area contributed by atoms with Gasteiger partial charge in [-0.25, -0.2) is 0 Å². The average molecular weight is 959 g/mol. The molecule has 1 aliphatic rings. The molecule has 0 saturated carbocycles. The Morgan fingerprint density at radius 1 is 0.191 bits per heavy atom. The summed E-state index contributed by atoms with van der Waals surface area (Å²) in [6.07, 6.45) is 61.6. The van der Waals surface area contributed by atoms with Crippen LogP contribution in [0.2, 0.25) is 0 Å². The summed E-state index contributed by atoms with van der Waals surface area (Å²) in [5.74, 6) is 0. The molecule has 0 amide bonds. The molecule has 5 heteroatoms. The van der Waals surface area contributed by atoms with Crippen LogP contribution in [0.5, 0.6) is 0 Å². The van der Waals surface area contributed by atoms with Crippen molar-refractivity contribution < 1.29 is 0 Å². The Labute approximate surface area is 431 Å². The zero-order valence-electron chi connectivity index (χ0n) is 48.2. The maximum atomic E-state index is 2.92. The summed E-state index contributed by atoms with van der Waals surface area (Å²) < 4.78 is 0. The lowest BCUT2D eigenvalue weighted by Gasteiger charge is -2.37. The standard InChI is InChI=1S/C63H131N5/c1-6-11-16-21-26-29-32-36-41-46-50-64(51-47-42-37-33-30-27-22-17-12-7-2)54-56-66(53-48-43-38-34-31-28-23-18-13-8-3)57-59-68-62-60-67(61-63-68)58-55-65(49-44-39-25-20-15-10-5)52-45-40-35-24-19-14-9-4/h6-63H2,1-5H3. The van der Waals surface area contributed by atoms with Crippen LogP contribution in [-0.2, 0) is 0 Å². The number of hydrogen-bond donors (Lipinski definition) is 0. The van der Waals surface area contributed by atoms with Crippen LogP contribution in [0.3, 0.4) is 0 Å². The highest BCUT2D eigenvalue weighted by molar-refractivity contribution is 4.76. The van der Waals surface area contributed by atoms with Crippen LogP contribution >= 0.6 is 0 Å². The Kier molecular flexibility index (Phi) is 52.8. The minimum Gasteiger partial charge on any atom is -0.302 e. The maximum Gasteiger partial charge on any atom is 0.0110 e. The van der Waals surface area contributed by atoms with E-state index in [4.69, 9.17) is 0 Å². The van der Waals surface area contributed by atoms with E-state index in [1.807, 2.05) is 0 Å².